The standard InChI is InChI=1S/C12H18N2OS/c15-11-1-3-14-7-10(13-12(14)6-11)5-9-2-4-16-8-9/h7,9,11,15H,1-6,8H2. The molecule has 1 aromatic heterocycles. The van der Waals surface area contributed by atoms with E-state index in [1.54, 1.807) is 0 Å². The molecule has 0 bridgehead atoms. The maximum Gasteiger partial charge on any atom is 0.111 e. The molecule has 3 nitrogen and oxygen atoms in total. The predicted octanol–water partition coefficient (Wildman–Crippen LogP) is 1.49. The Bertz CT molecular complexity index is 371. The molecule has 1 saturated heterocycles. The third-order valence-electron chi connectivity index (χ3n) is 3.55. The van der Waals surface area contributed by atoms with Gasteiger partial charge in [-0.15, -0.1) is 0 Å². The van der Waals surface area contributed by atoms with Crippen LogP contribution in [0.25, 0.3) is 0 Å². The van der Waals surface area contributed by atoms with Gasteiger partial charge in [-0.3, -0.25) is 0 Å². The maximum absolute atomic E-state index is 9.59. The van der Waals surface area contributed by atoms with Crippen molar-refractivity contribution in [1.29, 1.82) is 0 Å². The first-order valence-electron chi connectivity index (χ1n) is 6.12. The average molecular weight is 238 g/mol. The van der Waals surface area contributed by atoms with Crippen LogP contribution in [0.15, 0.2) is 6.20 Å². The fourth-order valence-corrected chi connectivity index (χ4v) is 3.89. The number of aromatic nitrogens is 2. The molecule has 0 spiro atoms. The van der Waals surface area contributed by atoms with Crippen LogP contribution in [-0.2, 0) is 19.4 Å². The Morgan fingerprint density at radius 3 is 3.25 bits per heavy atom. The van der Waals surface area contributed by atoms with Crippen molar-refractivity contribution in [2.75, 3.05) is 11.5 Å². The number of imidazole rings is 1. The molecule has 0 aromatic carbocycles. The summed E-state index contributed by atoms with van der Waals surface area (Å²) in [5.41, 5.74) is 1.23. The molecule has 2 atom stereocenters. The lowest BCUT2D eigenvalue weighted by Gasteiger charge is -2.18. The van der Waals surface area contributed by atoms with E-state index in [9.17, 15) is 5.11 Å². The number of hydrogen-bond acceptors (Lipinski definition) is 3. The molecular formula is C12H18N2OS. The molecule has 1 fully saturated rings. The van der Waals surface area contributed by atoms with E-state index in [1.165, 1.54) is 23.6 Å². The zero-order chi connectivity index (χ0) is 11.0. The molecule has 0 saturated carbocycles. The van der Waals surface area contributed by atoms with Crippen molar-refractivity contribution in [1.82, 2.24) is 9.55 Å². The highest BCUT2D eigenvalue weighted by atomic mass is 32.2. The first-order valence-corrected chi connectivity index (χ1v) is 7.27. The van der Waals surface area contributed by atoms with Gasteiger partial charge in [0.15, 0.2) is 0 Å². The van der Waals surface area contributed by atoms with Gasteiger partial charge in [0.25, 0.3) is 0 Å². The molecule has 88 valence electrons. The van der Waals surface area contributed by atoms with E-state index in [-0.39, 0.29) is 6.10 Å². The minimum Gasteiger partial charge on any atom is -0.393 e. The lowest BCUT2D eigenvalue weighted by atomic mass is 10.0. The van der Waals surface area contributed by atoms with Crippen molar-refractivity contribution >= 4 is 11.8 Å². The fraction of sp³-hybridized carbons (Fsp3) is 0.750. The number of rotatable bonds is 2. The summed E-state index contributed by atoms with van der Waals surface area (Å²) in [5.74, 6) is 4.52. The first kappa shape index (κ1) is 10.7. The number of thioether (sulfide) groups is 1. The van der Waals surface area contributed by atoms with Gasteiger partial charge in [-0.2, -0.15) is 11.8 Å². The topological polar surface area (TPSA) is 38.0 Å². The monoisotopic (exact) mass is 238 g/mol. The van der Waals surface area contributed by atoms with Gasteiger partial charge >= 0.3 is 0 Å². The van der Waals surface area contributed by atoms with Crippen LogP contribution in [0.5, 0.6) is 0 Å². The van der Waals surface area contributed by atoms with E-state index < -0.39 is 0 Å². The van der Waals surface area contributed by atoms with Gasteiger partial charge in [0.1, 0.15) is 5.82 Å². The second-order valence-corrected chi connectivity index (χ2v) is 6.07. The van der Waals surface area contributed by atoms with Crippen LogP contribution in [0.1, 0.15) is 24.4 Å². The van der Waals surface area contributed by atoms with Gasteiger partial charge in [-0.05, 0) is 36.7 Å². The van der Waals surface area contributed by atoms with Crippen LogP contribution in [0.3, 0.4) is 0 Å². The third kappa shape index (κ3) is 2.13. The minimum atomic E-state index is -0.176. The smallest absolute Gasteiger partial charge is 0.111 e. The third-order valence-corrected chi connectivity index (χ3v) is 4.78. The highest BCUT2D eigenvalue weighted by Gasteiger charge is 2.21. The number of aliphatic hydroxyl groups is 1. The maximum atomic E-state index is 9.59. The van der Waals surface area contributed by atoms with Crippen molar-refractivity contribution in [3.05, 3.63) is 17.7 Å². The normalized spacial score (nSPS) is 29.3. The van der Waals surface area contributed by atoms with Crippen LogP contribution >= 0.6 is 11.8 Å². The molecule has 0 aliphatic carbocycles. The fourth-order valence-electron chi connectivity index (χ4n) is 2.61. The summed E-state index contributed by atoms with van der Waals surface area (Å²) in [7, 11) is 0. The zero-order valence-corrected chi connectivity index (χ0v) is 10.2. The Morgan fingerprint density at radius 2 is 2.44 bits per heavy atom. The Kier molecular flexibility index (Phi) is 2.94. The molecular weight excluding hydrogens is 220 g/mol. The Balaban J connectivity index is 1.71. The molecule has 3 heterocycles. The molecule has 4 heteroatoms. The van der Waals surface area contributed by atoms with Crippen LogP contribution in [0.4, 0.5) is 0 Å². The summed E-state index contributed by atoms with van der Waals surface area (Å²) in [6, 6.07) is 0. The van der Waals surface area contributed by atoms with E-state index in [4.69, 9.17) is 0 Å². The molecule has 16 heavy (non-hydrogen) atoms. The van der Waals surface area contributed by atoms with Gasteiger partial charge < -0.3 is 9.67 Å². The number of aryl methyl sites for hydroxylation is 1. The lowest BCUT2D eigenvalue weighted by molar-refractivity contribution is 0.141. The molecule has 0 radical (unpaired) electrons. The molecule has 0 amide bonds. The van der Waals surface area contributed by atoms with Crippen LogP contribution in [0, 0.1) is 5.92 Å². The van der Waals surface area contributed by atoms with Gasteiger partial charge in [0, 0.05) is 19.2 Å². The summed E-state index contributed by atoms with van der Waals surface area (Å²) in [4.78, 5) is 4.66. The van der Waals surface area contributed by atoms with Crippen molar-refractivity contribution in [3.8, 4) is 0 Å². The molecule has 2 unspecified atom stereocenters. The molecule has 1 aromatic rings. The van der Waals surface area contributed by atoms with E-state index >= 15 is 0 Å². The minimum absolute atomic E-state index is 0.176. The summed E-state index contributed by atoms with van der Waals surface area (Å²) in [6.07, 6.45) is 6.11. The summed E-state index contributed by atoms with van der Waals surface area (Å²) >= 11 is 2.06. The van der Waals surface area contributed by atoms with E-state index in [1.807, 2.05) is 0 Å². The predicted molar refractivity (Wildman–Crippen MR) is 65.7 cm³/mol. The molecule has 1 N–H and O–H groups in total. The van der Waals surface area contributed by atoms with Crippen LogP contribution in [0.2, 0.25) is 0 Å². The van der Waals surface area contributed by atoms with Crippen molar-refractivity contribution in [2.24, 2.45) is 5.92 Å². The summed E-state index contributed by atoms with van der Waals surface area (Å²) < 4.78 is 2.23. The Hall–Kier alpha value is -0.480. The van der Waals surface area contributed by atoms with Gasteiger partial charge in [-0.1, -0.05) is 0 Å². The second-order valence-electron chi connectivity index (χ2n) is 4.92. The van der Waals surface area contributed by atoms with E-state index in [0.29, 0.717) is 0 Å². The average Bonchev–Trinajstić information content (AvgIpc) is 2.86. The highest BCUT2D eigenvalue weighted by Crippen LogP contribution is 2.27. The van der Waals surface area contributed by atoms with Crippen LogP contribution in [-0.4, -0.2) is 32.3 Å². The van der Waals surface area contributed by atoms with Crippen molar-refractivity contribution < 1.29 is 5.11 Å². The largest absolute Gasteiger partial charge is 0.393 e. The second kappa shape index (κ2) is 4.41. The first-order chi connectivity index (χ1) is 7.81. The lowest BCUT2D eigenvalue weighted by Crippen LogP contribution is -2.22. The van der Waals surface area contributed by atoms with Gasteiger partial charge in [-0.25, -0.2) is 4.98 Å². The van der Waals surface area contributed by atoms with Crippen LogP contribution < -0.4 is 0 Å². The zero-order valence-electron chi connectivity index (χ0n) is 9.43. The number of nitrogens with zero attached hydrogens (tertiary/aromatic N) is 2. The molecule has 2 aliphatic rings. The van der Waals surface area contributed by atoms with Crippen molar-refractivity contribution in [2.45, 2.75) is 38.3 Å². The Morgan fingerprint density at radius 1 is 1.50 bits per heavy atom. The van der Waals surface area contributed by atoms with E-state index in [2.05, 4.69) is 27.5 Å². The molecule has 2 aliphatic heterocycles. The SMILES string of the molecule is OC1CCn2cc(CC3CCSC3)nc2C1. The summed E-state index contributed by atoms with van der Waals surface area (Å²) in [6.45, 7) is 0.933. The van der Waals surface area contributed by atoms with Crippen molar-refractivity contribution in [3.63, 3.8) is 0 Å². The number of hydrogen-bond donors (Lipinski definition) is 1. The number of aliphatic hydroxyl groups excluding tert-OH is 1. The quantitative estimate of drug-likeness (QED) is 0.848. The van der Waals surface area contributed by atoms with Gasteiger partial charge in [0.2, 0.25) is 0 Å². The highest BCUT2D eigenvalue weighted by molar-refractivity contribution is 7.99. The molecule has 3 rings (SSSR count). The Labute approximate surface area is 100 Å². The van der Waals surface area contributed by atoms with E-state index in [0.717, 1.165) is 37.5 Å². The van der Waals surface area contributed by atoms with Gasteiger partial charge in [0.05, 0.1) is 11.8 Å². The summed E-state index contributed by atoms with van der Waals surface area (Å²) in [5, 5.41) is 9.59. The number of fused-ring (bicyclic) bond motifs is 1.